The van der Waals surface area contributed by atoms with Gasteiger partial charge >= 0.3 is 29.6 Å². The van der Waals surface area contributed by atoms with Crippen molar-refractivity contribution in [3.63, 3.8) is 0 Å². The molecule has 5 rings (SSSR count). The van der Waals surface area contributed by atoms with Gasteiger partial charge in [-0.1, -0.05) is 68.3 Å². The van der Waals surface area contributed by atoms with Crippen LogP contribution in [0.15, 0.2) is 92.7 Å². The molecule has 5 nitrogen and oxygen atoms in total. The molecule has 0 radical (unpaired) electrons. The van der Waals surface area contributed by atoms with Gasteiger partial charge in [0.2, 0.25) is 0 Å². The molecule has 33 heavy (non-hydrogen) atoms. The number of fused-ring (bicyclic) bond motifs is 2. The fourth-order valence-corrected chi connectivity index (χ4v) is 4.86. The van der Waals surface area contributed by atoms with Gasteiger partial charge in [0.25, 0.3) is 0 Å². The summed E-state index contributed by atoms with van der Waals surface area (Å²) in [6.45, 7) is 0. The molecular weight excluding hydrogens is 579 g/mol. The molecule has 9 heteroatoms. The fraction of sp³-hybridized carbons (Fsp3) is 0. The number of nitrogens with zero attached hydrogens (tertiary/aromatic N) is 2. The maximum atomic E-state index is 11.8. The van der Waals surface area contributed by atoms with E-state index in [1.807, 2.05) is 48.5 Å². The Kier molecular flexibility index (Phi) is 7.08. The summed E-state index contributed by atoms with van der Waals surface area (Å²) in [4.78, 5) is 9.50. The summed E-state index contributed by atoms with van der Waals surface area (Å²) in [5.74, 6) is 0. The van der Waals surface area contributed by atoms with Gasteiger partial charge in [-0.05, 0) is 47.9 Å². The van der Waals surface area contributed by atoms with E-state index in [0.29, 0.717) is 33.2 Å². The second-order valence-corrected chi connectivity index (χ2v) is 10.4. The van der Waals surface area contributed by atoms with E-state index in [1.165, 1.54) is 6.07 Å². The Hall–Kier alpha value is -1.65. The fourth-order valence-electron chi connectivity index (χ4n) is 3.64. The standard InChI is InChI=1S/C24H14Br2N2O3S.Na/c25-17-8-4-14(5-9-17)23-24(15-6-10-18(26)11-7-15)28-21-13-19-16(12-20(21)27-23)2-1-3-22(19)32(29,30)31;/h1-13H,(H,29,30,31);/q;+1/p-1. The number of rotatable bonds is 3. The number of aromatic nitrogens is 2. The van der Waals surface area contributed by atoms with Gasteiger partial charge in [-0.2, -0.15) is 0 Å². The Morgan fingerprint density at radius 3 is 1.67 bits per heavy atom. The SMILES string of the molecule is O=S(=O)([O-])c1cccc2cc3nc(-c4ccc(Br)cc4)c(-c4ccc(Br)cc4)nc3cc12.[Na+]. The van der Waals surface area contributed by atoms with Crippen LogP contribution in [0.3, 0.4) is 0 Å². The molecule has 0 amide bonds. The maximum Gasteiger partial charge on any atom is 1.00 e. The van der Waals surface area contributed by atoms with E-state index in [4.69, 9.17) is 9.97 Å². The van der Waals surface area contributed by atoms with Gasteiger partial charge in [0.1, 0.15) is 10.1 Å². The molecule has 0 atom stereocenters. The Bertz CT molecular complexity index is 1610. The average Bonchev–Trinajstić information content (AvgIpc) is 2.77. The van der Waals surface area contributed by atoms with Crippen LogP contribution in [0.25, 0.3) is 44.3 Å². The first-order valence-corrected chi connectivity index (χ1v) is 12.5. The van der Waals surface area contributed by atoms with Crippen molar-refractivity contribution < 1.29 is 42.5 Å². The molecule has 0 spiro atoms. The molecule has 1 heterocycles. The van der Waals surface area contributed by atoms with Crippen LogP contribution < -0.4 is 29.6 Å². The first kappa shape index (κ1) is 24.5. The third-order valence-corrected chi connectivity index (χ3v) is 7.08. The predicted octanol–water partition coefficient (Wildman–Crippen LogP) is 3.55. The summed E-state index contributed by atoms with van der Waals surface area (Å²) in [6.07, 6.45) is 0. The zero-order valence-corrected chi connectivity index (χ0v) is 23.3. The Morgan fingerprint density at radius 1 is 0.697 bits per heavy atom. The molecule has 158 valence electrons. The largest absolute Gasteiger partial charge is 1.00 e. The molecular formula is C24H13Br2N2NaO3S. The quantitative estimate of drug-likeness (QED) is 0.182. The molecule has 4 aromatic carbocycles. The molecule has 0 unspecified atom stereocenters. The van der Waals surface area contributed by atoms with Gasteiger partial charge < -0.3 is 4.55 Å². The smallest absolute Gasteiger partial charge is 0.744 e. The molecule has 5 aromatic rings. The summed E-state index contributed by atoms with van der Waals surface area (Å²) in [5.41, 5.74) is 4.25. The van der Waals surface area contributed by atoms with Crippen LogP contribution in [0.1, 0.15) is 0 Å². The van der Waals surface area contributed by atoms with Crippen LogP contribution in [0, 0.1) is 0 Å². The van der Waals surface area contributed by atoms with Gasteiger partial charge in [-0.3, -0.25) is 0 Å². The third-order valence-electron chi connectivity index (χ3n) is 5.13. The first-order chi connectivity index (χ1) is 15.3. The van der Waals surface area contributed by atoms with Crippen molar-refractivity contribution in [1.82, 2.24) is 9.97 Å². The predicted molar refractivity (Wildman–Crippen MR) is 131 cm³/mol. The molecule has 0 aliphatic rings. The monoisotopic (exact) mass is 590 g/mol. The minimum atomic E-state index is -4.63. The number of hydrogen-bond donors (Lipinski definition) is 0. The topological polar surface area (TPSA) is 83.0 Å². The summed E-state index contributed by atoms with van der Waals surface area (Å²) in [7, 11) is -4.63. The molecule has 0 fully saturated rings. The van der Waals surface area contributed by atoms with Crippen molar-refractivity contribution in [2.45, 2.75) is 4.90 Å². The van der Waals surface area contributed by atoms with E-state index in [0.717, 1.165) is 20.1 Å². The molecule has 0 saturated carbocycles. The van der Waals surface area contributed by atoms with Crippen LogP contribution in [0.2, 0.25) is 0 Å². The summed E-state index contributed by atoms with van der Waals surface area (Å²) in [5, 5.41) is 0.948. The van der Waals surface area contributed by atoms with E-state index in [-0.39, 0.29) is 34.5 Å². The van der Waals surface area contributed by atoms with E-state index < -0.39 is 10.1 Å². The van der Waals surface area contributed by atoms with Crippen LogP contribution in [-0.2, 0) is 10.1 Å². The molecule has 0 bridgehead atoms. The minimum Gasteiger partial charge on any atom is -0.744 e. The van der Waals surface area contributed by atoms with Crippen molar-refractivity contribution in [1.29, 1.82) is 0 Å². The van der Waals surface area contributed by atoms with Gasteiger partial charge in [0.15, 0.2) is 0 Å². The Labute approximate surface area is 229 Å². The summed E-state index contributed by atoms with van der Waals surface area (Å²) in [6, 6.07) is 23.6. The molecule has 0 aliphatic heterocycles. The van der Waals surface area contributed by atoms with Gasteiger partial charge in [0.05, 0.1) is 27.3 Å². The van der Waals surface area contributed by atoms with Crippen LogP contribution in [-0.4, -0.2) is 22.9 Å². The van der Waals surface area contributed by atoms with Gasteiger partial charge in [-0.15, -0.1) is 0 Å². The average molecular weight is 592 g/mol. The zero-order valence-electron chi connectivity index (χ0n) is 17.3. The van der Waals surface area contributed by atoms with Crippen molar-refractivity contribution >= 4 is 63.8 Å². The van der Waals surface area contributed by atoms with Crippen LogP contribution in [0.4, 0.5) is 0 Å². The van der Waals surface area contributed by atoms with E-state index in [9.17, 15) is 13.0 Å². The van der Waals surface area contributed by atoms with E-state index in [2.05, 4.69) is 31.9 Å². The third kappa shape index (κ3) is 4.93. The Balaban J connectivity index is 0.00000259. The van der Waals surface area contributed by atoms with Crippen molar-refractivity contribution in [2.75, 3.05) is 0 Å². The summed E-state index contributed by atoms with van der Waals surface area (Å²) >= 11 is 6.92. The molecule has 0 saturated heterocycles. The molecule has 0 N–H and O–H groups in total. The normalized spacial score (nSPS) is 11.5. The minimum absolute atomic E-state index is 0. The maximum absolute atomic E-state index is 11.8. The zero-order chi connectivity index (χ0) is 22.5. The van der Waals surface area contributed by atoms with Gasteiger partial charge in [-0.25, -0.2) is 18.4 Å². The van der Waals surface area contributed by atoms with Crippen molar-refractivity contribution in [3.8, 4) is 22.5 Å². The van der Waals surface area contributed by atoms with Crippen LogP contribution in [0.5, 0.6) is 0 Å². The first-order valence-electron chi connectivity index (χ1n) is 9.52. The number of halogens is 2. The number of hydrogen-bond acceptors (Lipinski definition) is 5. The molecule has 0 aliphatic carbocycles. The second kappa shape index (κ2) is 9.54. The van der Waals surface area contributed by atoms with Crippen LogP contribution >= 0.6 is 31.9 Å². The van der Waals surface area contributed by atoms with Crippen molar-refractivity contribution in [3.05, 3.63) is 87.8 Å². The summed E-state index contributed by atoms with van der Waals surface area (Å²) < 4.78 is 37.2. The van der Waals surface area contributed by atoms with E-state index in [1.54, 1.807) is 24.3 Å². The van der Waals surface area contributed by atoms with Gasteiger partial charge in [0, 0.05) is 25.5 Å². The number of benzene rings is 4. The second-order valence-electron chi connectivity index (χ2n) is 7.21. The van der Waals surface area contributed by atoms with Crippen molar-refractivity contribution in [2.24, 2.45) is 0 Å². The van der Waals surface area contributed by atoms with E-state index >= 15 is 0 Å². The Morgan fingerprint density at radius 2 is 1.18 bits per heavy atom. The molecule has 1 aromatic heterocycles.